The van der Waals surface area contributed by atoms with Gasteiger partial charge in [0.25, 0.3) is 0 Å². The van der Waals surface area contributed by atoms with Crippen LogP contribution in [0.15, 0.2) is 24.3 Å². The van der Waals surface area contributed by atoms with Crippen molar-refractivity contribution in [3.05, 3.63) is 48.9 Å². The summed E-state index contributed by atoms with van der Waals surface area (Å²) in [5, 5.41) is 19.4. The summed E-state index contributed by atoms with van der Waals surface area (Å²) in [5.41, 5.74) is 1.67. The Morgan fingerprint density at radius 3 is 2.68 bits per heavy atom. The van der Waals surface area contributed by atoms with Crippen LogP contribution in [0.4, 0.5) is 0 Å². The molecule has 22 heavy (non-hydrogen) atoms. The van der Waals surface area contributed by atoms with Gasteiger partial charge in [-0.2, -0.15) is 6.07 Å². The molecule has 6 heteroatoms. The van der Waals surface area contributed by atoms with Crippen molar-refractivity contribution in [2.75, 3.05) is 13.7 Å². The molecule has 0 saturated carbocycles. The van der Waals surface area contributed by atoms with Gasteiger partial charge in [-0.15, -0.1) is 23.3 Å². The van der Waals surface area contributed by atoms with Crippen LogP contribution in [0.2, 0.25) is 0 Å². The van der Waals surface area contributed by atoms with E-state index < -0.39 is 12.1 Å². The van der Waals surface area contributed by atoms with Gasteiger partial charge in [0.05, 0.1) is 13.0 Å². The predicted octanol–water partition coefficient (Wildman–Crippen LogP) is 2.77. The van der Waals surface area contributed by atoms with Crippen molar-refractivity contribution in [1.82, 2.24) is 0 Å². The Labute approximate surface area is 158 Å². The van der Waals surface area contributed by atoms with E-state index in [9.17, 15) is 10.2 Å². The van der Waals surface area contributed by atoms with Gasteiger partial charge in [-0.05, 0) is 13.0 Å². The molecule has 0 aliphatic heterocycles. The van der Waals surface area contributed by atoms with Crippen LogP contribution in [0.5, 0.6) is 5.75 Å². The molecule has 0 aromatic heterocycles. The molecular formula is C16H23O4PU. The first kappa shape index (κ1) is 24.1. The van der Waals surface area contributed by atoms with Crippen molar-refractivity contribution in [3.8, 4) is 5.75 Å². The van der Waals surface area contributed by atoms with Crippen LogP contribution < -0.4 is 4.74 Å². The van der Waals surface area contributed by atoms with E-state index in [0.29, 0.717) is 27.0 Å². The van der Waals surface area contributed by atoms with Crippen molar-refractivity contribution >= 4 is 14.5 Å². The van der Waals surface area contributed by atoms with Gasteiger partial charge in [0.2, 0.25) is 0 Å². The van der Waals surface area contributed by atoms with E-state index in [2.05, 4.69) is 12.4 Å². The van der Waals surface area contributed by atoms with E-state index in [4.69, 9.17) is 9.47 Å². The Hall–Kier alpha value is -0.138. The second kappa shape index (κ2) is 13.3. The molecule has 0 heterocycles. The topological polar surface area (TPSA) is 58.9 Å². The number of benzene rings is 1. The van der Waals surface area contributed by atoms with Crippen LogP contribution in [-0.2, 0) is 11.2 Å². The molecule has 0 saturated heterocycles. The third-order valence-electron chi connectivity index (χ3n) is 2.69. The number of hydrogen-bond donors (Lipinski definition) is 2. The molecule has 1 rings (SSSR count). The second-order valence-corrected chi connectivity index (χ2v) is 4.87. The summed E-state index contributed by atoms with van der Waals surface area (Å²) >= 11 is 0. The van der Waals surface area contributed by atoms with Crippen molar-refractivity contribution in [2.24, 2.45) is 0 Å². The molecule has 0 bridgehead atoms. The zero-order valence-electron chi connectivity index (χ0n) is 13.2. The van der Waals surface area contributed by atoms with Gasteiger partial charge in [0.15, 0.2) is 6.29 Å². The summed E-state index contributed by atoms with van der Waals surface area (Å²) in [6.45, 7) is 2.27. The number of ether oxygens (including phenoxy) is 2. The number of hydrogen-bond acceptors (Lipinski definition) is 4. The van der Waals surface area contributed by atoms with Crippen LogP contribution in [0, 0.1) is 44.6 Å². The predicted molar refractivity (Wildman–Crippen MR) is 87.7 cm³/mol. The summed E-state index contributed by atoms with van der Waals surface area (Å²) in [6, 6.07) is 6.52. The average molecular weight is 548 g/mol. The van der Waals surface area contributed by atoms with Gasteiger partial charge in [0.1, 0.15) is 0 Å². The minimum Gasteiger partial charge on any atom is -0.523 e. The monoisotopic (exact) mass is 548 g/mol. The maximum atomic E-state index is 9.98. The summed E-state index contributed by atoms with van der Waals surface area (Å²) in [5.74, 6) is -0.0940. The number of rotatable bonds is 8. The molecule has 0 fully saturated rings. The Kier molecular flexibility index (Phi) is 14.6. The Morgan fingerprint density at radius 2 is 2.14 bits per heavy atom. The van der Waals surface area contributed by atoms with E-state index >= 15 is 0 Å². The molecule has 120 valence electrons. The van der Waals surface area contributed by atoms with Crippen LogP contribution >= 0.6 is 8.20 Å². The van der Waals surface area contributed by atoms with Crippen LogP contribution in [-0.4, -0.2) is 36.5 Å². The smallest absolute Gasteiger partial charge is 0.523 e. The largest absolute Gasteiger partial charge is 2.00 e. The van der Waals surface area contributed by atoms with E-state index in [1.165, 1.54) is 0 Å². The number of aliphatic hydroxyl groups is 2. The fourth-order valence-corrected chi connectivity index (χ4v) is 2.13. The fraction of sp³-hybridized carbons (Fsp3) is 0.375. The second-order valence-electron chi connectivity index (χ2n) is 4.02. The molecule has 4 nitrogen and oxygen atoms in total. The van der Waals surface area contributed by atoms with Gasteiger partial charge in [-0.25, -0.2) is 0 Å². The first-order valence-corrected chi connectivity index (χ1v) is 7.46. The third-order valence-corrected chi connectivity index (χ3v) is 3.32. The van der Waals surface area contributed by atoms with Gasteiger partial charge in [-0.1, -0.05) is 27.0 Å². The molecule has 0 spiro atoms. The van der Waals surface area contributed by atoms with E-state index in [1.807, 2.05) is 6.92 Å². The molecule has 0 amide bonds. The maximum absolute atomic E-state index is 9.98. The summed E-state index contributed by atoms with van der Waals surface area (Å²) in [7, 11) is 2.18. The zero-order chi connectivity index (χ0) is 15.0. The van der Waals surface area contributed by atoms with Crippen molar-refractivity contribution in [2.45, 2.75) is 25.5 Å². The molecule has 1 aromatic rings. The van der Waals surface area contributed by atoms with Crippen LogP contribution in [0.25, 0.3) is 0 Å². The number of aliphatic hydroxyl groups excluding tert-OH is 2. The van der Waals surface area contributed by atoms with E-state index in [1.54, 1.807) is 31.4 Å². The molecular weight excluding hydrogens is 525 g/mol. The van der Waals surface area contributed by atoms with Crippen molar-refractivity contribution in [1.29, 1.82) is 0 Å². The molecule has 0 aliphatic rings. The van der Waals surface area contributed by atoms with Crippen molar-refractivity contribution in [3.63, 3.8) is 0 Å². The van der Waals surface area contributed by atoms with Crippen LogP contribution in [0.1, 0.15) is 23.9 Å². The maximum Gasteiger partial charge on any atom is 2.00 e. The molecule has 2 unspecified atom stereocenters. The quantitative estimate of drug-likeness (QED) is 0.227. The Morgan fingerprint density at radius 1 is 1.45 bits per heavy atom. The van der Waals surface area contributed by atoms with Gasteiger partial charge < -0.3 is 27.1 Å². The summed E-state index contributed by atoms with van der Waals surface area (Å²) < 4.78 is 10.1. The van der Waals surface area contributed by atoms with E-state index in [-0.39, 0.29) is 38.5 Å². The Balaban J connectivity index is 0. The molecule has 0 aliphatic carbocycles. The minimum atomic E-state index is -0.901. The van der Waals surface area contributed by atoms with Gasteiger partial charge in [-0.3, -0.25) is 0 Å². The normalized spacial score (nSPS) is 13.3. The van der Waals surface area contributed by atoms with E-state index in [0.717, 1.165) is 11.1 Å². The van der Waals surface area contributed by atoms with Gasteiger partial charge in [0, 0.05) is 12.4 Å². The zero-order valence-corrected chi connectivity index (χ0v) is 18.3. The SMILES string of the molecule is C=PC(O)c1cc(OC)[c-]cc1C/C=C/C(O)OCC.[CH3-].[U+2]. The number of allylic oxidation sites excluding steroid dienone is 1. The molecule has 2 atom stereocenters. The molecule has 2 N–H and O–H groups in total. The summed E-state index contributed by atoms with van der Waals surface area (Å²) in [6.07, 6.45) is 6.72. The number of methoxy groups -OCH3 is 1. The summed E-state index contributed by atoms with van der Waals surface area (Å²) in [4.78, 5) is 0. The molecule has 0 radical (unpaired) electrons. The Bertz CT molecular complexity index is 465. The first-order chi connectivity index (χ1) is 9.62. The average Bonchev–Trinajstić information content (AvgIpc) is 2.47. The third kappa shape index (κ3) is 7.92. The van der Waals surface area contributed by atoms with Crippen molar-refractivity contribution < 1.29 is 50.8 Å². The van der Waals surface area contributed by atoms with Gasteiger partial charge >= 0.3 is 31.1 Å². The first-order valence-electron chi connectivity index (χ1n) is 6.31. The standard InChI is InChI=1S/C15H20O4P.CH3.U/c1-4-19-14(16)7-5-6-11-8-9-12(18-2)10-13(11)15(17)20-3;;/h5,7-8,10,14-17H,3-4,6H2,1-2H3;1H3;/q2*-1;+2/b7-5+;;. The molecule has 1 aromatic carbocycles. The van der Waals surface area contributed by atoms with Crippen LogP contribution in [0.3, 0.4) is 0 Å². The minimum absolute atomic E-state index is 0. The fourth-order valence-electron chi connectivity index (χ4n) is 1.69.